The summed E-state index contributed by atoms with van der Waals surface area (Å²) in [6, 6.07) is 3.52. The van der Waals surface area contributed by atoms with Gasteiger partial charge in [0.25, 0.3) is 5.91 Å². The highest BCUT2D eigenvalue weighted by molar-refractivity contribution is 7.90. The summed E-state index contributed by atoms with van der Waals surface area (Å²) in [7, 11) is -3.72. The molecule has 11 heteroatoms. The number of nitrogens with zero attached hydrogens (tertiary/aromatic N) is 3. The highest BCUT2D eigenvalue weighted by Gasteiger charge is 2.31. The molecule has 1 atom stereocenters. The van der Waals surface area contributed by atoms with Crippen molar-refractivity contribution in [1.29, 1.82) is 0 Å². The van der Waals surface area contributed by atoms with Crippen molar-refractivity contribution in [2.45, 2.75) is 25.0 Å². The molecule has 2 N–H and O–H groups in total. The van der Waals surface area contributed by atoms with Crippen LogP contribution in [-0.2, 0) is 19.4 Å². The van der Waals surface area contributed by atoms with Crippen LogP contribution in [-0.4, -0.2) is 71.0 Å². The summed E-state index contributed by atoms with van der Waals surface area (Å²) in [5, 5.41) is 11.5. The van der Waals surface area contributed by atoms with Gasteiger partial charge in [-0.2, -0.15) is 0 Å². The van der Waals surface area contributed by atoms with Gasteiger partial charge in [-0.05, 0) is 19.1 Å². The molecule has 2 aromatic heterocycles. The molecule has 0 bridgehead atoms. The fourth-order valence-corrected chi connectivity index (χ4v) is 3.30. The van der Waals surface area contributed by atoms with E-state index in [1.165, 1.54) is 30.5 Å². The van der Waals surface area contributed by atoms with E-state index in [0.717, 1.165) is 11.2 Å². The van der Waals surface area contributed by atoms with Gasteiger partial charge < -0.3 is 15.3 Å². The Hall–Kier alpha value is -2.95. The van der Waals surface area contributed by atoms with Crippen molar-refractivity contribution >= 4 is 33.1 Å². The van der Waals surface area contributed by atoms with E-state index in [4.69, 9.17) is 0 Å². The highest BCUT2D eigenvalue weighted by atomic mass is 32.2. The van der Waals surface area contributed by atoms with Crippen LogP contribution in [0.2, 0.25) is 0 Å². The molecule has 0 saturated heterocycles. The van der Waals surface area contributed by atoms with Crippen molar-refractivity contribution in [2.75, 3.05) is 19.3 Å². The maximum absolute atomic E-state index is 13.0. The molecule has 0 aliphatic heterocycles. The van der Waals surface area contributed by atoms with E-state index in [1.807, 2.05) is 0 Å². The number of aliphatic carboxylic acids is 1. The largest absolute Gasteiger partial charge is 0.480 e. The molecule has 2 heterocycles. The lowest BCUT2D eigenvalue weighted by Gasteiger charge is -2.26. The maximum Gasteiger partial charge on any atom is 0.326 e. The Morgan fingerprint density at radius 2 is 2.00 bits per heavy atom. The molecule has 0 aliphatic rings. The van der Waals surface area contributed by atoms with E-state index in [9.17, 15) is 27.9 Å². The number of aromatic nitrogens is 2. The van der Waals surface area contributed by atoms with Crippen molar-refractivity contribution < 1.29 is 27.9 Å². The summed E-state index contributed by atoms with van der Waals surface area (Å²) in [5.41, 5.74) is 0.0667. The van der Waals surface area contributed by atoms with Gasteiger partial charge in [0.05, 0.1) is 5.52 Å². The quantitative estimate of drug-likeness (QED) is 0.660. The number of rotatable bonds is 7. The molecule has 0 radical (unpaired) electrons. The van der Waals surface area contributed by atoms with E-state index in [-0.39, 0.29) is 35.4 Å². The second-order valence-electron chi connectivity index (χ2n) is 5.97. The molecular weight excluding hydrogens is 376 g/mol. The molecule has 2 amide bonds. The molecule has 2 rings (SSSR count). The fraction of sp³-hybridized carbons (Fsp3) is 0.375. The second kappa shape index (κ2) is 7.74. The lowest BCUT2D eigenvalue weighted by atomic mass is 10.2. The Labute approximate surface area is 155 Å². The van der Waals surface area contributed by atoms with Crippen molar-refractivity contribution in [1.82, 2.24) is 19.6 Å². The predicted octanol–water partition coefficient (Wildman–Crippen LogP) is -0.211. The summed E-state index contributed by atoms with van der Waals surface area (Å²) in [6.07, 6.45) is 2.43. The molecule has 27 heavy (non-hydrogen) atoms. The molecule has 1 unspecified atom stereocenters. The first-order valence-corrected chi connectivity index (χ1v) is 9.88. The lowest BCUT2D eigenvalue weighted by Crippen LogP contribution is -2.47. The van der Waals surface area contributed by atoms with Gasteiger partial charge in [-0.25, -0.2) is 18.2 Å². The van der Waals surface area contributed by atoms with Crippen LogP contribution in [0.5, 0.6) is 0 Å². The zero-order chi connectivity index (χ0) is 20.4. The van der Waals surface area contributed by atoms with Crippen LogP contribution in [0.1, 0.15) is 24.3 Å². The molecule has 0 fully saturated rings. The van der Waals surface area contributed by atoms with E-state index >= 15 is 0 Å². The van der Waals surface area contributed by atoms with Gasteiger partial charge in [0.1, 0.15) is 6.04 Å². The third-order valence-electron chi connectivity index (χ3n) is 3.86. The van der Waals surface area contributed by atoms with Crippen LogP contribution in [0.3, 0.4) is 0 Å². The number of imidazole rings is 1. The number of hydrogen-bond acceptors (Lipinski definition) is 6. The molecule has 2 aromatic rings. The monoisotopic (exact) mass is 396 g/mol. The molecule has 146 valence electrons. The molecule has 0 spiro atoms. The summed E-state index contributed by atoms with van der Waals surface area (Å²) in [4.78, 5) is 40.4. The third-order valence-corrected chi connectivity index (χ3v) is 4.81. The number of pyridine rings is 1. The fourth-order valence-electron chi connectivity index (χ4n) is 2.52. The Morgan fingerprint density at radius 1 is 1.33 bits per heavy atom. The molecular formula is C16H20N4O6S. The van der Waals surface area contributed by atoms with Crippen molar-refractivity contribution in [2.24, 2.45) is 0 Å². The Morgan fingerprint density at radius 3 is 2.56 bits per heavy atom. The van der Waals surface area contributed by atoms with Gasteiger partial charge in [0, 0.05) is 32.5 Å². The van der Waals surface area contributed by atoms with Crippen LogP contribution in [0.25, 0.3) is 5.52 Å². The zero-order valence-electron chi connectivity index (χ0n) is 15.0. The average molecular weight is 396 g/mol. The molecule has 10 nitrogen and oxygen atoms in total. The van der Waals surface area contributed by atoms with Gasteiger partial charge in [0.15, 0.2) is 5.69 Å². The van der Waals surface area contributed by atoms with Gasteiger partial charge in [-0.15, -0.1) is 0 Å². The summed E-state index contributed by atoms with van der Waals surface area (Å²) in [6.45, 7) is 2.59. The van der Waals surface area contributed by atoms with Gasteiger partial charge in [-0.3, -0.25) is 14.0 Å². The van der Waals surface area contributed by atoms with E-state index < -0.39 is 27.8 Å². The number of hydrogen-bond donors (Lipinski definition) is 2. The minimum atomic E-state index is -3.72. The minimum absolute atomic E-state index is 0.0451. The molecule has 0 saturated carbocycles. The number of carboxylic acids is 1. The number of carbonyl (C=O) groups is 3. The van der Waals surface area contributed by atoms with Crippen LogP contribution in [0.4, 0.5) is 0 Å². The Kier molecular flexibility index (Phi) is 5.84. The summed E-state index contributed by atoms with van der Waals surface area (Å²) in [5.74, 6) is -2.30. The molecule has 0 aromatic carbocycles. The predicted molar refractivity (Wildman–Crippen MR) is 95.1 cm³/mol. The van der Waals surface area contributed by atoms with E-state index in [2.05, 4.69) is 10.3 Å². The van der Waals surface area contributed by atoms with Gasteiger partial charge in [0.2, 0.25) is 20.9 Å². The standard InChI is InChI=1S/C16H20N4O6S/c1-10(15(23)24)19(9-7-17-11(2)21)14(22)13-12-6-4-5-8-20(12)16(18-13)27(3,25)26/h4-6,8,10H,7,9H2,1-3H3,(H,17,21)(H,23,24). The first kappa shape index (κ1) is 20.4. The first-order valence-electron chi connectivity index (χ1n) is 7.99. The maximum atomic E-state index is 13.0. The first-order chi connectivity index (χ1) is 12.5. The third kappa shape index (κ3) is 4.42. The average Bonchev–Trinajstić information content (AvgIpc) is 2.97. The smallest absolute Gasteiger partial charge is 0.326 e. The van der Waals surface area contributed by atoms with E-state index in [0.29, 0.717) is 0 Å². The summed E-state index contributed by atoms with van der Waals surface area (Å²) >= 11 is 0. The number of carboxylic acid groups (broad SMARTS) is 1. The van der Waals surface area contributed by atoms with E-state index in [1.54, 1.807) is 12.1 Å². The normalized spacial score (nSPS) is 12.6. The van der Waals surface area contributed by atoms with Crippen molar-refractivity contribution in [3.63, 3.8) is 0 Å². The number of carbonyl (C=O) groups excluding carboxylic acids is 2. The Bertz CT molecular complexity index is 998. The SMILES string of the molecule is CC(=O)NCCN(C(=O)c1nc(S(C)(=O)=O)n2ccccc12)C(C)C(=O)O. The Balaban J connectivity index is 2.51. The lowest BCUT2D eigenvalue weighted by molar-refractivity contribution is -0.141. The number of amides is 2. The van der Waals surface area contributed by atoms with Crippen LogP contribution < -0.4 is 5.32 Å². The number of nitrogens with one attached hydrogen (secondary N) is 1. The topological polar surface area (TPSA) is 138 Å². The van der Waals surface area contributed by atoms with Crippen LogP contribution in [0.15, 0.2) is 29.6 Å². The molecule has 0 aliphatic carbocycles. The van der Waals surface area contributed by atoms with Crippen molar-refractivity contribution in [3.8, 4) is 0 Å². The number of fused-ring (bicyclic) bond motifs is 1. The zero-order valence-corrected chi connectivity index (χ0v) is 15.9. The van der Waals surface area contributed by atoms with Gasteiger partial charge >= 0.3 is 5.97 Å². The summed E-state index contributed by atoms with van der Waals surface area (Å²) < 4.78 is 25.2. The van der Waals surface area contributed by atoms with Gasteiger partial charge in [-0.1, -0.05) is 6.07 Å². The van der Waals surface area contributed by atoms with Crippen LogP contribution in [0, 0.1) is 0 Å². The highest BCUT2D eigenvalue weighted by Crippen LogP contribution is 2.19. The minimum Gasteiger partial charge on any atom is -0.480 e. The van der Waals surface area contributed by atoms with Crippen molar-refractivity contribution in [3.05, 3.63) is 30.1 Å². The van der Waals surface area contributed by atoms with Crippen LogP contribution >= 0.6 is 0 Å². The second-order valence-corrected chi connectivity index (χ2v) is 7.88. The number of sulfone groups is 1.